The standard InChI is InChI=1S/C10H7BrF3N3/c11-6-8-15-16-9(10(12,13)14)17(8)7-4-2-1-3-5-7/h1-5H,6H2. The van der Waals surface area contributed by atoms with Gasteiger partial charge in [-0.3, -0.25) is 4.57 Å². The number of nitrogens with zero attached hydrogens (tertiary/aromatic N) is 3. The highest BCUT2D eigenvalue weighted by Gasteiger charge is 2.38. The number of hydrogen-bond acceptors (Lipinski definition) is 2. The van der Waals surface area contributed by atoms with Gasteiger partial charge < -0.3 is 0 Å². The van der Waals surface area contributed by atoms with E-state index in [1.807, 2.05) is 0 Å². The van der Waals surface area contributed by atoms with E-state index >= 15 is 0 Å². The van der Waals surface area contributed by atoms with Gasteiger partial charge in [-0.1, -0.05) is 34.1 Å². The van der Waals surface area contributed by atoms with Crippen LogP contribution in [-0.2, 0) is 11.5 Å². The number of hydrogen-bond donors (Lipinski definition) is 0. The number of rotatable bonds is 2. The first-order chi connectivity index (χ1) is 8.04. The summed E-state index contributed by atoms with van der Waals surface area (Å²) in [6.07, 6.45) is -4.52. The van der Waals surface area contributed by atoms with Crippen molar-refractivity contribution in [1.29, 1.82) is 0 Å². The summed E-state index contributed by atoms with van der Waals surface area (Å²) >= 11 is 3.10. The van der Waals surface area contributed by atoms with Crippen LogP contribution in [0.15, 0.2) is 30.3 Å². The van der Waals surface area contributed by atoms with E-state index in [0.717, 1.165) is 4.57 Å². The molecule has 0 aliphatic heterocycles. The second-order valence-electron chi connectivity index (χ2n) is 3.24. The Balaban J connectivity index is 2.62. The van der Waals surface area contributed by atoms with Crippen LogP contribution in [0.2, 0.25) is 0 Å². The monoisotopic (exact) mass is 305 g/mol. The van der Waals surface area contributed by atoms with Gasteiger partial charge >= 0.3 is 6.18 Å². The molecule has 1 aromatic heterocycles. The van der Waals surface area contributed by atoms with Crippen LogP contribution in [0, 0.1) is 0 Å². The van der Waals surface area contributed by atoms with E-state index < -0.39 is 12.0 Å². The molecule has 90 valence electrons. The summed E-state index contributed by atoms with van der Waals surface area (Å²) < 4.78 is 39.2. The number of alkyl halides is 4. The Kier molecular flexibility index (Phi) is 3.19. The Bertz CT molecular complexity index is 507. The van der Waals surface area contributed by atoms with Crippen LogP contribution in [0.4, 0.5) is 13.2 Å². The summed E-state index contributed by atoms with van der Waals surface area (Å²) in [6, 6.07) is 8.20. The van der Waals surface area contributed by atoms with Gasteiger partial charge in [-0.05, 0) is 12.1 Å². The summed E-state index contributed by atoms with van der Waals surface area (Å²) in [6.45, 7) is 0. The van der Waals surface area contributed by atoms with Gasteiger partial charge in [0.15, 0.2) is 0 Å². The average molecular weight is 306 g/mol. The highest BCUT2D eigenvalue weighted by Crippen LogP contribution is 2.30. The van der Waals surface area contributed by atoms with Crippen molar-refractivity contribution in [2.75, 3.05) is 0 Å². The second kappa shape index (κ2) is 4.48. The van der Waals surface area contributed by atoms with Gasteiger partial charge in [0.2, 0.25) is 5.82 Å². The third-order valence-corrected chi connectivity index (χ3v) is 2.62. The van der Waals surface area contributed by atoms with Crippen LogP contribution in [0.3, 0.4) is 0 Å². The molecule has 0 aliphatic rings. The molecule has 2 aromatic rings. The number of benzene rings is 1. The topological polar surface area (TPSA) is 30.7 Å². The zero-order valence-corrected chi connectivity index (χ0v) is 10.0. The molecule has 1 aromatic carbocycles. The fourth-order valence-corrected chi connectivity index (χ4v) is 1.80. The highest BCUT2D eigenvalue weighted by atomic mass is 79.9. The third kappa shape index (κ3) is 2.33. The number of halogens is 4. The van der Waals surface area contributed by atoms with Crippen molar-refractivity contribution in [2.24, 2.45) is 0 Å². The van der Waals surface area contributed by atoms with E-state index in [0.29, 0.717) is 5.69 Å². The first-order valence-electron chi connectivity index (χ1n) is 4.67. The number of para-hydroxylation sites is 1. The van der Waals surface area contributed by atoms with Crippen LogP contribution in [0.1, 0.15) is 11.6 Å². The summed E-state index contributed by atoms with van der Waals surface area (Å²) in [5.74, 6) is -0.804. The molecule has 0 unspecified atom stereocenters. The van der Waals surface area contributed by atoms with Gasteiger partial charge in [0.05, 0.1) is 5.33 Å². The normalized spacial score (nSPS) is 11.8. The lowest BCUT2D eigenvalue weighted by atomic mass is 10.3. The predicted octanol–water partition coefficient (Wildman–Crippen LogP) is 3.18. The van der Waals surface area contributed by atoms with Crippen LogP contribution < -0.4 is 0 Å². The molecule has 0 aliphatic carbocycles. The molecule has 17 heavy (non-hydrogen) atoms. The molecule has 0 amide bonds. The average Bonchev–Trinajstić information content (AvgIpc) is 2.73. The van der Waals surface area contributed by atoms with E-state index in [9.17, 15) is 13.2 Å². The minimum absolute atomic E-state index is 0.199. The van der Waals surface area contributed by atoms with Crippen molar-refractivity contribution >= 4 is 15.9 Å². The van der Waals surface area contributed by atoms with Crippen molar-refractivity contribution in [2.45, 2.75) is 11.5 Å². The Labute approximate surface area is 103 Å². The molecule has 2 rings (SSSR count). The Morgan fingerprint density at radius 3 is 2.29 bits per heavy atom. The van der Waals surface area contributed by atoms with Gasteiger partial charge in [-0.15, -0.1) is 10.2 Å². The summed E-state index contributed by atoms with van der Waals surface area (Å²) in [4.78, 5) is 0. The van der Waals surface area contributed by atoms with Gasteiger partial charge in [-0.2, -0.15) is 13.2 Å². The van der Waals surface area contributed by atoms with Gasteiger partial charge in [0.25, 0.3) is 0 Å². The summed E-state index contributed by atoms with van der Waals surface area (Å²) in [5, 5.41) is 6.92. The summed E-state index contributed by atoms with van der Waals surface area (Å²) in [5.41, 5.74) is 0.388. The molecule has 0 bridgehead atoms. The minimum atomic E-state index is -4.52. The highest BCUT2D eigenvalue weighted by molar-refractivity contribution is 9.08. The second-order valence-corrected chi connectivity index (χ2v) is 3.80. The Hall–Kier alpha value is -1.37. The SMILES string of the molecule is FC(F)(F)c1nnc(CBr)n1-c1ccccc1. The molecule has 0 atom stereocenters. The molecular formula is C10H7BrF3N3. The van der Waals surface area contributed by atoms with Crippen LogP contribution >= 0.6 is 15.9 Å². The van der Waals surface area contributed by atoms with Crippen LogP contribution in [-0.4, -0.2) is 14.8 Å². The van der Waals surface area contributed by atoms with Crippen molar-refractivity contribution in [3.63, 3.8) is 0 Å². The predicted molar refractivity (Wildman–Crippen MR) is 59.0 cm³/mol. The molecule has 0 spiro atoms. The molecule has 3 nitrogen and oxygen atoms in total. The molecule has 0 saturated heterocycles. The maximum absolute atomic E-state index is 12.7. The molecule has 0 radical (unpaired) electrons. The van der Waals surface area contributed by atoms with Gasteiger partial charge in [0, 0.05) is 5.69 Å². The maximum Gasteiger partial charge on any atom is 0.452 e. The molecule has 0 fully saturated rings. The smallest absolute Gasteiger partial charge is 0.275 e. The first kappa shape index (κ1) is 12.1. The lowest BCUT2D eigenvalue weighted by Crippen LogP contribution is -2.15. The van der Waals surface area contributed by atoms with Crippen molar-refractivity contribution in [3.05, 3.63) is 42.0 Å². The molecule has 1 heterocycles. The zero-order chi connectivity index (χ0) is 12.5. The van der Waals surface area contributed by atoms with E-state index in [1.54, 1.807) is 30.3 Å². The van der Waals surface area contributed by atoms with Crippen LogP contribution in [0.5, 0.6) is 0 Å². The van der Waals surface area contributed by atoms with Crippen LogP contribution in [0.25, 0.3) is 5.69 Å². The van der Waals surface area contributed by atoms with E-state index in [4.69, 9.17) is 0 Å². The maximum atomic E-state index is 12.7. The van der Waals surface area contributed by atoms with E-state index in [2.05, 4.69) is 26.1 Å². The van der Waals surface area contributed by atoms with Gasteiger partial charge in [0.1, 0.15) is 5.82 Å². The molecular weight excluding hydrogens is 299 g/mol. The van der Waals surface area contributed by atoms with Gasteiger partial charge in [-0.25, -0.2) is 0 Å². The zero-order valence-electron chi connectivity index (χ0n) is 8.45. The molecule has 0 N–H and O–H groups in total. The fraction of sp³-hybridized carbons (Fsp3) is 0.200. The van der Waals surface area contributed by atoms with Crippen molar-refractivity contribution < 1.29 is 13.2 Å². The van der Waals surface area contributed by atoms with E-state index in [1.165, 1.54) is 0 Å². The third-order valence-electron chi connectivity index (χ3n) is 2.12. The molecule has 7 heteroatoms. The largest absolute Gasteiger partial charge is 0.452 e. The quantitative estimate of drug-likeness (QED) is 0.798. The summed E-state index contributed by atoms with van der Waals surface area (Å²) in [7, 11) is 0. The lowest BCUT2D eigenvalue weighted by molar-refractivity contribution is -0.146. The minimum Gasteiger partial charge on any atom is -0.275 e. The van der Waals surface area contributed by atoms with E-state index in [-0.39, 0.29) is 11.2 Å². The molecule has 0 saturated carbocycles. The van der Waals surface area contributed by atoms with Crippen molar-refractivity contribution in [1.82, 2.24) is 14.8 Å². The van der Waals surface area contributed by atoms with Crippen molar-refractivity contribution in [3.8, 4) is 5.69 Å². The lowest BCUT2D eigenvalue weighted by Gasteiger charge is -2.10. The fourth-order valence-electron chi connectivity index (χ4n) is 1.44. The number of aromatic nitrogens is 3. The first-order valence-corrected chi connectivity index (χ1v) is 5.79. The Morgan fingerprint density at radius 1 is 1.12 bits per heavy atom. The Morgan fingerprint density at radius 2 is 1.76 bits per heavy atom.